The Hall–Kier alpha value is -0.720. The molecule has 0 N–H and O–H groups in total. The van der Waals surface area contributed by atoms with Crippen LogP contribution >= 0.6 is 0 Å². The van der Waals surface area contributed by atoms with Crippen LogP contribution in [0.15, 0.2) is 24.4 Å². The first-order chi connectivity index (χ1) is 3.47. The molecule has 2 rings (SSSR count). The zero-order chi connectivity index (χ0) is 4.69. The number of allylic oxidation sites excluding steroid dienone is 2. The van der Waals surface area contributed by atoms with Crippen LogP contribution in [0.5, 0.6) is 0 Å². The molecule has 0 aromatic heterocycles. The van der Waals surface area contributed by atoms with Gasteiger partial charge < -0.3 is 4.90 Å². The highest BCUT2D eigenvalue weighted by molar-refractivity contribution is 5.21. The number of hydrogen-bond acceptors (Lipinski definition) is 1. The molecule has 0 aromatic carbocycles. The van der Waals surface area contributed by atoms with Gasteiger partial charge in [-0.2, -0.15) is 0 Å². The normalized spacial score (nSPS) is 33.1. The minimum atomic E-state index is 0.769. The van der Waals surface area contributed by atoms with Crippen LogP contribution in [0.2, 0.25) is 0 Å². The van der Waals surface area contributed by atoms with Gasteiger partial charge in [0, 0.05) is 6.54 Å². The molecule has 0 bridgehead atoms. The lowest BCUT2D eigenvalue weighted by Gasteiger charge is -1.93. The van der Waals surface area contributed by atoms with E-state index < -0.39 is 0 Å². The third-order valence-electron chi connectivity index (χ3n) is 1.41. The lowest BCUT2D eigenvalue weighted by molar-refractivity contribution is 0.722. The van der Waals surface area contributed by atoms with Gasteiger partial charge in [0.2, 0.25) is 0 Å². The van der Waals surface area contributed by atoms with E-state index in [1.54, 1.807) is 0 Å². The summed E-state index contributed by atoms with van der Waals surface area (Å²) in [4.78, 5) is 2.29. The molecule has 0 aromatic rings. The van der Waals surface area contributed by atoms with E-state index >= 15 is 0 Å². The van der Waals surface area contributed by atoms with Crippen molar-refractivity contribution in [1.29, 1.82) is 0 Å². The van der Waals surface area contributed by atoms with Crippen LogP contribution in [0.3, 0.4) is 0 Å². The van der Waals surface area contributed by atoms with E-state index in [1.165, 1.54) is 6.54 Å². The van der Waals surface area contributed by atoms with Gasteiger partial charge >= 0.3 is 0 Å². The van der Waals surface area contributed by atoms with Gasteiger partial charge in [0.15, 0.2) is 0 Å². The molecule has 1 atom stereocenters. The third kappa shape index (κ3) is 0.377. The summed E-state index contributed by atoms with van der Waals surface area (Å²) in [6.07, 6.45) is 8.53. The van der Waals surface area contributed by atoms with Crippen molar-refractivity contribution in [1.82, 2.24) is 4.90 Å². The van der Waals surface area contributed by atoms with Crippen LogP contribution in [0.1, 0.15) is 0 Å². The Morgan fingerprint density at radius 2 is 2.43 bits per heavy atom. The highest BCUT2D eigenvalue weighted by atomic mass is 15.3. The van der Waals surface area contributed by atoms with Gasteiger partial charge in [-0.05, 0) is 12.3 Å². The number of fused-ring (bicyclic) bond motifs is 1. The molecule has 2 aliphatic rings. The molecule has 1 heteroatoms. The standard InChI is InChI=1S/C6H7N/c1-2-4-7-5-6(7)3-1/h1-4,6H,5H2/t6-,7?/m1/s1. The fourth-order valence-corrected chi connectivity index (χ4v) is 0.864. The Balaban J connectivity index is 2.28. The van der Waals surface area contributed by atoms with Gasteiger partial charge in [0.25, 0.3) is 0 Å². The van der Waals surface area contributed by atoms with E-state index in [2.05, 4.69) is 29.3 Å². The van der Waals surface area contributed by atoms with Crippen molar-refractivity contribution in [2.45, 2.75) is 6.04 Å². The SMILES string of the molecule is C1=C[C@@H]2CN2C=C1. The molecule has 0 saturated carbocycles. The first-order valence-corrected chi connectivity index (χ1v) is 2.57. The maximum atomic E-state index is 2.29. The second kappa shape index (κ2) is 0.915. The van der Waals surface area contributed by atoms with E-state index in [0.717, 1.165) is 6.04 Å². The fraction of sp³-hybridized carbons (Fsp3) is 0.333. The third-order valence-corrected chi connectivity index (χ3v) is 1.41. The molecule has 2 aliphatic heterocycles. The quantitative estimate of drug-likeness (QED) is 0.399. The molecule has 1 saturated heterocycles. The second-order valence-corrected chi connectivity index (χ2v) is 1.99. The monoisotopic (exact) mass is 93.1 g/mol. The van der Waals surface area contributed by atoms with Crippen molar-refractivity contribution >= 4 is 0 Å². The van der Waals surface area contributed by atoms with Crippen LogP contribution in [-0.4, -0.2) is 17.5 Å². The van der Waals surface area contributed by atoms with Gasteiger partial charge in [0.05, 0.1) is 6.04 Å². The smallest absolute Gasteiger partial charge is 0.0647 e. The minimum Gasteiger partial charge on any atom is -0.367 e. The summed E-state index contributed by atoms with van der Waals surface area (Å²) in [7, 11) is 0. The first-order valence-electron chi connectivity index (χ1n) is 2.57. The Morgan fingerprint density at radius 1 is 1.43 bits per heavy atom. The first kappa shape index (κ1) is 3.30. The average molecular weight is 93.1 g/mol. The predicted molar refractivity (Wildman–Crippen MR) is 28.8 cm³/mol. The molecule has 0 spiro atoms. The van der Waals surface area contributed by atoms with Gasteiger partial charge in [-0.3, -0.25) is 0 Å². The Labute approximate surface area is 42.9 Å². The Morgan fingerprint density at radius 3 is 3.00 bits per heavy atom. The largest absolute Gasteiger partial charge is 0.367 e. The van der Waals surface area contributed by atoms with Crippen LogP contribution < -0.4 is 0 Å². The maximum Gasteiger partial charge on any atom is 0.0647 e. The molecule has 0 aliphatic carbocycles. The number of hydrogen-bond donors (Lipinski definition) is 0. The van der Waals surface area contributed by atoms with Crippen molar-refractivity contribution in [2.24, 2.45) is 0 Å². The average Bonchev–Trinajstić information content (AvgIpc) is 2.41. The minimum absolute atomic E-state index is 0.769. The van der Waals surface area contributed by atoms with Gasteiger partial charge in [-0.25, -0.2) is 0 Å². The summed E-state index contributed by atoms with van der Waals surface area (Å²) < 4.78 is 0. The Bertz CT molecular complexity index is 119. The molecular weight excluding hydrogens is 86.1 g/mol. The van der Waals surface area contributed by atoms with Crippen molar-refractivity contribution in [3.8, 4) is 0 Å². The van der Waals surface area contributed by atoms with E-state index in [0.29, 0.717) is 0 Å². The summed E-state index contributed by atoms with van der Waals surface area (Å²) in [5, 5.41) is 0. The van der Waals surface area contributed by atoms with Crippen molar-refractivity contribution in [2.75, 3.05) is 6.54 Å². The fourth-order valence-electron chi connectivity index (χ4n) is 0.864. The molecule has 1 fully saturated rings. The van der Waals surface area contributed by atoms with Crippen molar-refractivity contribution in [3.63, 3.8) is 0 Å². The summed E-state index contributed by atoms with van der Waals surface area (Å²) >= 11 is 0. The zero-order valence-corrected chi connectivity index (χ0v) is 4.04. The molecule has 1 nitrogen and oxygen atoms in total. The van der Waals surface area contributed by atoms with Crippen LogP contribution in [-0.2, 0) is 0 Å². The molecule has 0 radical (unpaired) electrons. The lowest BCUT2D eigenvalue weighted by Crippen LogP contribution is -1.90. The van der Waals surface area contributed by atoms with Gasteiger partial charge in [-0.15, -0.1) is 0 Å². The van der Waals surface area contributed by atoms with E-state index in [4.69, 9.17) is 0 Å². The van der Waals surface area contributed by atoms with E-state index in [9.17, 15) is 0 Å². The van der Waals surface area contributed by atoms with Gasteiger partial charge in [-0.1, -0.05) is 12.2 Å². The molecule has 36 valence electrons. The molecule has 2 heterocycles. The molecule has 0 unspecified atom stereocenters. The molecule has 7 heavy (non-hydrogen) atoms. The number of nitrogens with zero attached hydrogens (tertiary/aromatic N) is 1. The van der Waals surface area contributed by atoms with Crippen LogP contribution in [0.25, 0.3) is 0 Å². The summed E-state index contributed by atoms with van der Waals surface area (Å²) in [5.74, 6) is 0. The van der Waals surface area contributed by atoms with Crippen LogP contribution in [0, 0.1) is 0 Å². The van der Waals surface area contributed by atoms with Gasteiger partial charge in [0.1, 0.15) is 0 Å². The summed E-state index contributed by atoms with van der Waals surface area (Å²) in [6.45, 7) is 1.24. The second-order valence-electron chi connectivity index (χ2n) is 1.99. The zero-order valence-electron chi connectivity index (χ0n) is 4.04. The van der Waals surface area contributed by atoms with Crippen molar-refractivity contribution in [3.05, 3.63) is 24.4 Å². The molecular formula is C6H7N. The predicted octanol–water partition coefficient (Wildman–Crippen LogP) is 0.754. The maximum absolute atomic E-state index is 2.29. The Kier molecular flexibility index (Phi) is 0.432. The highest BCUT2D eigenvalue weighted by Crippen LogP contribution is 2.21. The van der Waals surface area contributed by atoms with E-state index in [-0.39, 0.29) is 0 Å². The number of rotatable bonds is 0. The summed E-state index contributed by atoms with van der Waals surface area (Å²) in [5.41, 5.74) is 0. The van der Waals surface area contributed by atoms with Crippen molar-refractivity contribution < 1.29 is 0 Å². The van der Waals surface area contributed by atoms with Crippen LogP contribution in [0.4, 0.5) is 0 Å². The lowest BCUT2D eigenvalue weighted by atomic mass is 10.3. The highest BCUT2D eigenvalue weighted by Gasteiger charge is 2.28. The summed E-state index contributed by atoms with van der Waals surface area (Å²) in [6, 6.07) is 0.769. The topological polar surface area (TPSA) is 3.01 Å². The molecule has 0 amide bonds. The van der Waals surface area contributed by atoms with E-state index in [1.807, 2.05) is 0 Å².